The minimum absolute atomic E-state index is 0.0615. The summed E-state index contributed by atoms with van der Waals surface area (Å²) in [4.78, 5) is 76.8. The molecule has 0 unspecified atom stereocenters. The number of hydrogen-bond acceptors (Lipinski definition) is 11. The topological polar surface area (TPSA) is 157 Å². The number of nitrogens with zero attached hydrogens (tertiary/aromatic N) is 11. The van der Waals surface area contributed by atoms with Crippen LogP contribution in [0.25, 0.3) is 11.2 Å². The number of piperidine rings is 1. The number of hydrogen-bond donors (Lipinski definition) is 1. The van der Waals surface area contributed by atoms with Crippen LogP contribution in [0.5, 0.6) is 0 Å². The number of pyridine rings is 1. The first-order chi connectivity index (χ1) is 34.6. The Hall–Kier alpha value is -7.32. The molecule has 72 heavy (non-hydrogen) atoms. The van der Waals surface area contributed by atoms with Crippen LogP contribution >= 0.6 is 0 Å². The van der Waals surface area contributed by atoms with E-state index in [1.54, 1.807) is 45.9 Å². The molecule has 6 aromatic rings. The van der Waals surface area contributed by atoms with Crippen molar-refractivity contribution < 1.29 is 32.3 Å². The summed E-state index contributed by atoms with van der Waals surface area (Å²) in [5.74, 6) is -0.427. The summed E-state index contributed by atoms with van der Waals surface area (Å²) in [6.45, 7) is 9.70. The van der Waals surface area contributed by atoms with E-state index >= 15 is 0 Å². The van der Waals surface area contributed by atoms with Crippen molar-refractivity contribution in [2.24, 2.45) is 7.05 Å². The minimum atomic E-state index is -4.68. The molecule has 0 spiro atoms. The Labute approximate surface area is 414 Å². The number of aromatic nitrogens is 5. The second-order valence-electron chi connectivity index (χ2n) is 19.4. The third-order valence-electron chi connectivity index (χ3n) is 14.7. The lowest BCUT2D eigenvalue weighted by molar-refractivity contribution is -0.137. The van der Waals surface area contributed by atoms with Crippen LogP contribution in [0, 0.1) is 0 Å². The summed E-state index contributed by atoms with van der Waals surface area (Å²) < 4.78 is 47.9. The van der Waals surface area contributed by atoms with E-state index in [4.69, 9.17) is 0 Å². The molecule has 0 saturated carbocycles. The van der Waals surface area contributed by atoms with Crippen molar-refractivity contribution >= 4 is 40.5 Å². The predicted octanol–water partition coefficient (Wildman–Crippen LogP) is 4.76. The normalized spacial score (nSPS) is 18.5. The maximum absolute atomic E-state index is 14.6. The van der Waals surface area contributed by atoms with Gasteiger partial charge in [0, 0.05) is 133 Å². The number of nitrogens with one attached hydrogen (secondary N) is 1. The van der Waals surface area contributed by atoms with E-state index in [1.807, 2.05) is 62.5 Å². The lowest BCUT2D eigenvalue weighted by atomic mass is 10.00. The molecule has 2 atom stereocenters. The first kappa shape index (κ1) is 48.3. The van der Waals surface area contributed by atoms with E-state index in [2.05, 4.69) is 35.1 Å². The van der Waals surface area contributed by atoms with Crippen LogP contribution in [0.4, 0.5) is 24.5 Å². The molecule has 3 fully saturated rings. The number of carbonyl (C=O) groups excluding carboxylic acids is 4. The Morgan fingerprint density at radius 2 is 1.56 bits per heavy atom. The van der Waals surface area contributed by atoms with Crippen LogP contribution in [0.15, 0.2) is 96.3 Å². The number of rotatable bonds is 13. The van der Waals surface area contributed by atoms with E-state index in [9.17, 15) is 37.1 Å². The summed E-state index contributed by atoms with van der Waals surface area (Å²) in [5.41, 5.74) is 4.17. The Bertz CT molecular complexity index is 3100. The van der Waals surface area contributed by atoms with E-state index in [0.29, 0.717) is 55.0 Å². The number of halogens is 3. The first-order valence-electron chi connectivity index (χ1n) is 24.5. The molecule has 0 radical (unpaired) electrons. The molecular formula is C52H57F3N12O5. The van der Waals surface area contributed by atoms with Crippen LogP contribution < -0.4 is 20.8 Å². The summed E-state index contributed by atoms with van der Waals surface area (Å²) in [7, 11) is 3.64. The van der Waals surface area contributed by atoms with Crippen LogP contribution in [0.1, 0.15) is 80.9 Å². The summed E-state index contributed by atoms with van der Waals surface area (Å²) >= 11 is 0. The Balaban J connectivity index is 0.683. The van der Waals surface area contributed by atoms with Crippen molar-refractivity contribution in [3.8, 4) is 5.69 Å². The number of aryl methyl sites for hydroxylation is 1. The third kappa shape index (κ3) is 9.71. The van der Waals surface area contributed by atoms with Gasteiger partial charge in [0.2, 0.25) is 11.8 Å². The molecule has 3 aromatic heterocycles. The van der Waals surface area contributed by atoms with Crippen molar-refractivity contribution in [3.63, 3.8) is 0 Å². The molecule has 4 aliphatic rings. The zero-order valence-corrected chi connectivity index (χ0v) is 40.5. The van der Waals surface area contributed by atoms with Gasteiger partial charge in [0.05, 0.1) is 16.8 Å². The highest BCUT2D eigenvalue weighted by atomic mass is 19.4. The Morgan fingerprint density at radius 1 is 0.847 bits per heavy atom. The van der Waals surface area contributed by atoms with Gasteiger partial charge in [-0.1, -0.05) is 19.1 Å². The molecule has 10 rings (SSSR count). The maximum atomic E-state index is 14.6. The second kappa shape index (κ2) is 19.7. The standard InChI is InChI=1S/C52H57F3N12O5/c1-34(47-58-56-33-60(47)3)37-6-4-7-41(27-37)65-32-45-43(52(53,54)55)26-35(30-67(45)51(65)72)29-62-20-18-61(19-21-62)17-5-16-59(2)49(70)36-8-10-39(11-9-36)63-22-24-64(25-23-63)40-12-13-42-38(28-40)31-66(50(42)71)44-14-15-46(68)57-48(44)69/h4,6-13,26-28,30,32-34,44H,5,14-25,29,31H2,1-3H3,(H,57,68,69)/t34-,44+/m1/s1. The molecule has 7 heterocycles. The van der Waals surface area contributed by atoms with Gasteiger partial charge in [-0.05, 0) is 96.7 Å². The van der Waals surface area contributed by atoms with Crippen LogP contribution in [0.2, 0.25) is 0 Å². The Kier molecular flexibility index (Phi) is 13.2. The van der Waals surface area contributed by atoms with E-state index in [-0.39, 0.29) is 42.1 Å². The van der Waals surface area contributed by atoms with Gasteiger partial charge in [-0.3, -0.25) is 38.4 Å². The zero-order valence-electron chi connectivity index (χ0n) is 40.5. The fraction of sp³-hybridized carbons (Fsp3) is 0.404. The van der Waals surface area contributed by atoms with Crippen molar-refractivity contribution in [1.82, 2.24) is 48.6 Å². The average Bonchev–Trinajstić information content (AvgIpc) is 4.07. The number of anilines is 2. The molecule has 1 N–H and O–H groups in total. The molecule has 17 nitrogen and oxygen atoms in total. The second-order valence-corrected chi connectivity index (χ2v) is 19.4. The smallest absolute Gasteiger partial charge is 0.368 e. The van der Waals surface area contributed by atoms with Gasteiger partial charge in [-0.15, -0.1) is 10.2 Å². The summed E-state index contributed by atoms with van der Waals surface area (Å²) in [6, 6.07) is 21.2. The number of piperazine rings is 2. The number of carbonyl (C=O) groups is 4. The maximum Gasteiger partial charge on any atom is 0.418 e. The van der Waals surface area contributed by atoms with Crippen molar-refractivity contribution in [3.05, 3.63) is 141 Å². The predicted molar refractivity (Wildman–Crippen MR) is 263 cm³/mol. The molecule has 3 aromatic carbocycles. The molecule has 20 heteroatoms. The molecular weight excluding hydrogens is 930 g/mol. The lowest BCUT2D eigenvalue weighted by Crippen LogP contribution is -2.52. The van der Waals surface area contributed by atoms with Gasteiger partial charge in [-0.2, -0.15) is 13.2 Å². The third-order valence-corrected chi connectivity index (χ3v) is 14.7. The van der Waals surface area contributed by atoms with Gasteiger partial charge < -0.3 is 29.1 Å². The number of benzene rings is 3. The van der Waals surface area contributed by atoms with E-state index in [1.165, 1.54) is 17.0 Å². The number of alkyl halides is 3. The zero-order chi connectivity index (χ0) is 50.4. The number of imide groups is 1. The van der Waals surface area contributed by atoms with Crippen LogP contribution in [-0.2, 0) is 35.9 Å². The number of amides is 4. The molecule has 0 bridgehead atoms. The molecule has 0 aliphatic carbocycles. The Morgan fingerprint density at radius 3 is 2.25 bits per heavy atom. The highest BCUT2D eigenvalue weighted by Crippen LogP contribution is 2.35. The molecule has 4 aliphatic heterocycles. The van der Waals surface area contributed by atoms with Gasteiger partial charge >= 0.3 is 11.9 Å². The number of imidazole rings is 1. The minimum Gasteiger partial charge on any atom is -0.368 e. The largest absolute Gasteiger partial charge is 0.418 e. The van der Waals surface area contributed by atoms with Crippen molar-refractivity contribution in [1.29, 1.82) is 0 Å². The fourth-order valence-electron chi connectivity index (χ4n) is 10.6. The van der Waals surface area contributed by atoms with Crippen LogP contribution in [0.3, 0.4) is 0 Å². The van der Waals surface area contributed by atoms with Crippen molar-refractivity contribution in [2.45, 2.75) is 57.4 Å². The summed E-state index contributed by atoms with van der Waals surface area (Å²) in [6.07, 6.45) is 1.01. The average molecular weight is 987 g/mol. The van der Waals surface area contributed by atoms with E-state index in [0.717, 1.165) is 91.0 Å². The van der Waals surface area contributed by atoms with Crippen molar-refractivity contribution in [2.75, 3.05) is 82.3 Å². The van der Waals surface area contributed by atoms with Gasteiger partial charge in [0.15, 0.2) is 0 Å². The van der Waals surface area contributed by atoms with Crippen LogP contribution in [-0.4, -0.2) is 145 Å². The van der Waals surface area contributed by atoms with Gasteiger partial charge in [0.1, 0.15) is 18.2 Å². The lowest BCUT2D eigenvalue weighted by Gasteiger charge is -2.37. The first-order valence-corrected chi connectivity index (χ1v) is 24.5. The summed E-state index contributed by atoms with van der Waals surface area (Å²) in [5, 5.41) is 10.5. The number of fused-ring (bicyclic) bond motifs is 2. The highest BCUT2D eigenvalue weighted by molar-refractivity contribution is 6.05. The molecule has 376 valence electrons. The molecule has 4 amide bonds. The molecule has 3 saturated heterocycles. The van der Waals surface area contributed by atoms with Gasteiger partial charge in [-0.25, -0.2) is 4.79 Å². The fourth-order valence-corrected chi connectivity index (χ4v) is 10.6. The monoisotopic (exact) mass is 986 g/mol. The van der Waals surface area contributed by atoms with Gasteiger partial charge in [0.25, 0.3) is 11.8 Å². The highest BCUT2D eigenvalue weighted by Gasteiger charge is 2.40. The quantitative estimate of drug-likeness (QED) is 0.159. The SMILES string of the molecule is C[C@H](c1cccc(-n2cc3c(C(F)(F)F)cc(CN4CCN(CCCN(C)C(=O)c5ccc(N6CCN(c7ccc8c(c7)CN([C@H]7CCC(=O)NC7=O)C8=O)CC6)cc5)CC4)cn3c2=O)c1)c1nncn1C. The van der Waals surface area contributed by atoms with E-state index < -0.39 is 29.4 Å².